The minimum atomic E-state index is -1.96. The van der Waals surface area contributed by atoms with Crippen LogP contribution >= 0.6 is 0 Å². The van der Waals surface area contributed by atoms with Crippen LogP contribution in [0.3, 0.4) is 0 Å². The van der Waals surface area contributed by atoms with Crippen molar-refractivity contribution in [1.29, 1.82) is 0 Å². The van der Waals surface area contributed by atoms with Gasteiger partial charge in [-0.2, -0.15) is 10.4 Å². The average molecular weight is 821 g/mol. The molecular weight excluding hydrogens is 789 g/mol. The van der Waals surface area contributed by atoms with Crippen molar-refractivity contribution in [2.45, 2.75) is 11.2 Å². The number of hydrogen-bond acceptors (Lipinski definition) is 11. The molecule has 12 aromatic rings. The molecule has 0 aliphatic carbocycles. The number of para-hydroxylation sites is 4. The van der Waals surface area contributed by atoms with Gasteiger partial charge in [-0.25, -0.2) is 0 Å². The molecule has 0 saturated heterocycles. The normalized spacial score (nSPS) is 13.7. The maximum absolute atomic E-state index is 8.42. The van der Waals surface area contributed by atoms with E-state index in [-0.39, 0.29) is 11.6 Å². The molecule has 63 heavy (non-hydrogen) atoms. The predicted octanol–water partition coefficient (Wildman–Crippen LogP) is 9.94. The van der Waals surface area contributed by atoms with E-state index in [1.807, 2.05) is 170 Å². The van der Waals surface area contributed by atoms with Crippen LogP contribution in [0.15, 0.2) is 191 Å². The van der Waals surface area contributed by atoms with Crippen LogP contribution in [0.2, 0.25) is 0 Å². The predicted molar refractivity (Wildman–Crippen MR) is 236 cm³/mol. The molecule has 0 fully saturated rings. The van der Waals surface area contributed by atoms with Crippen molar-refractivity contribution < 1.29 is 13.6 Å². The van der Waals surface area contributed by atoms with E-state index in [1.54, 1.807) is 12.4 Å². The van der Waals surface area contributed by atoms with Crippen LogP contribution in [0.5, 0.6) is 0 Å². The number of aromatic amines is 2. The second-order valence-corrected chi connectivity index (χ2v) is 15.0. The Labute approximate surface area is 357 Å². The topological polar surface area (TPSA) is 170 Å². The van der Waals surface area contributed by atoms with E-state index in [0.717, 1.165) is 43.8 Å². The fourth-order valence-electron chi connectivity index (χ4n) is 8.98. The van der Waals surface area contributed by atoms with Crippen LogP contribution in [0, 0.1) is 0 Å². The first kappa shape index (κ1) is 36.2. The Morgan fingerprint density at radius 3 is 1.30 bits per heavy atom. The first-order valence-electron chi connectivity index (χ1n) is 20.3. The van der Waals surface area contributed by atoms with E-state index in [1.165, 1.54) is 0 Å². The Kier molecular flexibility index (Phi) is 8.33. The highest BCUT2D eigenvalue weighted by Gasteiger charge is 2.59. The molecule has 0 aliphatic heterocycles. The van der Waals surface area contributed by atoms with E-state index in [4.69, 9.17) is 43.9 Å². The number of furan rings is 2. The molecule has 6 heterocycles. The molecule has 0 radical (unpaired) electrons. The molecule has 13 nitrogen and oxygen atoms in total. The summed E-state index contributed by atoms with van der Waals surface area (Å²) in [5.74, 6) is 0.895. The Bertz CT molecular complexity index is 3330. The monoisotopic (exact) mass is 820 g/mol. The zero-order chi connectivity index (χ0) is 41.8. The standard InChI is InChI=1S/C50H32N10O3/c1-3-15-31(16-4-1)41-35-23-7-9-27-39(35)61-45(41)49(47-53-57-58-54-47,37-25-11-19-33-21-13-29-51-43(33)37)63-50(48-55-59-60-56-48,38-26-12-20-34-22-14-30-52-44(34)38)46-42(32-17-5-2-6-18-32)36-24-8-10-28-40(36)62-46/h1-30H,(H,53,54,57,58)(H,55,56,59,60). The molecule has 0 saturated carbocycles. The summed E-state index contributed by atoms with van der Waals surface area (Å²) < 4.78 is 22.9. The number of H-pyrrole nitrogens is 2. The molecule has 13 heteroatoms. The number of nitrogens with one attached hydrogen (secondary N) is 2. The quantitative estimate of drug-likeness (QED) is 0.135. The number of rotatable bonds is 10. The third-order valence-corrected chi connectivity index (χ3v) is 11.6. The van der Waals surface area contributed by atoms with Gasteiger partial charge in [0.1, 0.15) is 11.2 Å². The van der Waals surface area contributed by atoms with E-state index in [9.17, 15) is 0 Å². The van der Waals surface area contributed by atoms with Gasteiger partial charge in [-0.05, 0) is 35.4 Å². The van der Waals surface area contributed by atoms with Gasteiger partial charge in [0.25, 0.3) is 0 Å². The summed E-state index contributed by atoms with van der Waals surface area (Å²) in [5, 5.41) is 36.5. The molecule has 0 spiro atoms. The number of benzene rings is 6. The van der Waals surface area contributed by atoms with Crippen molar-refractivity contribution in [3.05, 3.63) is 217 Å². The summed E-state index contributed by atoms with van der Waals surface area (Å²) in [5.41, 5.74) is 2.71. The van der Waals surface area contributed by atoms with Gasteiger partial charge in [0.15, 0.2) is 11.5 Å². The van der Waals surface area contributed by atoms with Gasteiger partial charge in [0.05, 0.1) is 11.0 Å². The maximum atomic E-state index is 8.42. The first-order valence-corrected chi connectivity index (χ1v) is 20.3. The van der Waals surface area contributed by atoms with Gasteiger partial charge < -0.3 is 13.6 Å². The minimum Gasteiger partial charge on any atom is -0.456 e. The van der Waals surface area contributed by atoms with E-state index in [0.29, 0.717) is 44.8 Å². The molecule has 300 valence electrons. The summed E-state index contributed by atoms with van der Waals surface area (Å²) in [6.07, 6.45) is 3.49. The molecule has 6 aromatic carbocycles. The van der Waals surface area contributed by atoms with Crippen LogP contribution in [-0.2, 0) is 15.9 Å². The average Bonchev–Trinajstić information content (AvgIpc) is 4.20. The fourth-order valence-corrected chi connectivity index (χ4v) is 8.98. The van der Waals surface area contributed by atoms with Gasteiger partial charge in [0, 0.05) is 56.2 Å². The van der Waals surface area contributed by atoms with Crippen molar-refractivity contribution in [1.82, 2.24) is 51.2 Å². The second-order valence-electron chi connectivity index (χ2n) is 15.0. The fraction of sp³-hybridized carbons (Fsp3) is 0.0400. The van der Waals surface area contributed by atoms with Crippen molar-refractivity contribution in [3.63, 3.8) is 0 Å². The van der Waals surface area contributed by atoms with Gasteiger partial charge in [-0.1, -0.05) is 156 Å². The smallest absolute Gasteiger partial charge is 0.218 e. The Morgan fingerprint density at radius 2 is 0.857 bits per heavy atom. The molecule has 6 aromatic heterocycles. The molecule has 0 amide bonds. The van der Waals surface area contributed by atoms with Crippen LogP contribution in [0.25, 0.3) is 66.0 Å². The number of tetrazole rings is 2. The molecule has 2 atom stereocenters. The highest BCUT2D eigenvalue weighted by molar-refractivity contribution is 5.99. The molecule has 2 unspecified atom stereocenters. The van der Waals surface area contributed by atoms with E-state index in [2.05, 4.69) is 20.9 Å². The van der Waals surface area contributed by atoms with Crippen LogP contribution < -0.4 is 0 Å². The Balaban J connectivity index is 1.33. The molecule has 2 N–H and O–H groups in total. The summed E-state index contributed by atoms with van der Waals surface area (Å²) in [6, 6.07) is 55.4. The number of ether oxygens (including phenoxy) is 1. The van der Waals surface area contributed by atoms with Crippen molar-refractivity contribution in [3.8, 4) is 22.3 Å². The minimum absolute atomic E-state index is 0.107. The largest absolute Gasteiger partial charge is 0.456 e. The van der Waals surface area contributed by atoms with Crippen molar-refractivity contribution in [2.24, 2.45) is 0 Å². The number of fused-ring (bicyclic) bond motifs is 4. The third-order valence-electron chi connectivity index (χ3n) is 11.6. The van der Waals surface area contributed by atoms with Crippen molar-refractivity contribution >= 4 is 43.7 Å². The lowest BCUT2D eigenvalue weighted by molar-refractivity contribution is -0.105. The second kappa shape index (κ2) is 14.5. The van der Waals surface area contributed by atoms with Crippen molar-refractivity contribution in [2.75, 3.05) is 0 Å². The third kappa shape index (κ3) is 5.53. The summed E-state index contributed by atoms with van der Waals surface area (Å²) in [6.45, 7) is 0. The van der Waals surface area contributed by atoms with Gasteiger partial charge >= 0.3 is 0 Å². The van der Waals surface area contributed by atoms with Crippen LogP contribution in [-0.4, -0.2) is 51.2 Å². The molecule has 12 rings (SSSR count). The summed E-state index contributed by atoms with van der Waals surface area (Å²) >= 11 is 0. The number of hydrogen-bond donors (Lipinski definition) is 2. The number of pyridine rings is 2. The van der Waals surface area contributed by atoms with Gasteiger partial charge in [-0.15, -0.1) is 20.4 Å². The molecular formula is C50H32N10O3. The highest BCUT2D eigenvalue weighted by Crippen LogP contribution is 2.57. The highest BCUT2D eigenvalue weighted by atomic mass is 16.5. The van der Waals surface area contributed by atoms with E-state index >= 15 is 0 Å². The lowest BCUT2D eigenvalue weighted by Crippen LogP contribution is -2.46. The zero-order valence-corrected chi connectivity index (χ0v) is 33.1. The summed E-state index contributed by atoms with van der Waals surface area (Å²) in [4.78, 5) is 10.1. The lowest BCUT2D eigenvalue weighted by Gasteiger charge is -2.40. The maximum Gasteiger partial charge on any atom is 0.218 e. The number of aromatic nitrogens is 10. The van der Waals surface area contributed by atoms with E-state index < -0.39 is 11.2 Å². The SMILES string of the molecule is c1ccc(-c2c(C(OC(c3nn[nH]n3)(c3oc4ccccc4c3-c3ccccc3)c3cccc4cccnc34)(c3nn[nH]n3)c3cccc4cccnc34)oc3ccccc23)cc1. The lowest BCUT2D eigenvalue weighted by atomic mass is 9.80. The summed E-state index contributed by atoms with van der Waals surface area (Å²) in [7, 11) is 0. The molecule has 0 aliphatic rings. The zero-order valence-electron chi connectivity index (χ0n) is 33.1. The first-order chi connectivity index (χ1) is 31.2. The van der Waals surface area contributed by atoms with Crippen LogP contribution in [0.1, 0.15) is 34.3 Å². The number of nitrogens with zero attached hydrogens (tertiary/aromatic N) is 8. The Hall–Kier alpha value is -8.68. The van der Waals surface area contributed by atoms with Crippen LogP contribution in [0.4, 0.5) is 0 Å². The molecule has 0 bridgehead atoms. The van der Waals surface area contributed by atoms with Gasteiger partial charge in [-0.3, -0.25) is 9.97 Å². The van der Waals surface area contributed by atoms with Gasteiger partial charge in [0.2, 0.25) is 22.9 Å². The Morgan fingerprint density at radius 1 is 0.429 bits per heavy atom.